The molecule has 1 aliphatic heterocycles. The van der Waals surface area contributed by atoms with E-state index in [9.17, 15) is 0 Å². The van der Waals surface area contributed by atoms with Gasteiger partial charge >= 0.3 is 0 Å². The van der Waals surface area contributed by atoms with Gasteiger partial charge in [0.25, 0.3) is 0 Å². The lowest BCUT2D eigenvalue weighted by atomic mass is 10.1. The molecule has 0 fully saturated rings. The largest absolute Gasteiger partial charge is 0.324 e. The van der Waals surface area contributed by atoms with Gasteiger partial charge in [-0.2, -0.15) is 0 Å². The van der Waals surface area contributed by atoms with Crippen LogP contribution in [-0.4, -0.2) is 4.90 Å². The van der Waals surface area contributed by atoms with Gasteiger partial charge in [0.05, 0.1) is 0 Å². The summed E-state index contributed by atoms with van der Waals surface area (Å²) in [5.41, 5.74) is 5.99. The van der Waals surface area contributed by atoms with Crippen LogP contribution in [0, 0.1) is 6.92 Å². The molecule has 1 heterocycles. The number of hydrogen-bond donors (Lipinski definition) is 0. The number of hydrogen-bond acceptors (Lipinski definition) is 1. The van der Waals surface area contributed by atoms with Gasteiger partial charge in [-0.05, 0) is 43.6 Å². The highest BCUT2D eigenvalue weighted by Crippen LogP contribution is 2.20. The summed E-state index contributed by atoms with van der Waals surface area (Å²) in [5, 5.41) is 0. The molecular weight excluding hydrogens is 218 g/mol. The molecule has 18 heavy (non-hydrogen) atoms. The van der Waals surface area contributed by atoms with E-state index in [-0.39, 0.29) is 0 Å². The van der Waals surface area contributed by atoms with E-state index in [0.29, 0.717) is 0 Å². The molecular formula is C17H19N. The minimum absolute atomic E-state index is 0.993. The highest BCUT2D eigenvalue weighted by atomic mass is 15.1. The van der Waals surface area contributed by atoms with Gasteiger partial charge in [-0.1, -0.05) is 42.5 Å². The summed E-state index contributed by atoms with van der Waals surface area (Å²) in [6.45, 7) is 10.4. The molecule has 0 aromatic heterocycles. The number of nitrogens with zero attached hydrogens (tertiary/aromatic N) is 1. The summed E-state index contributed by atoms with van der Waals surface area (Å²) in [6, 6.07) is 8.58. The van der Waals surface area contributed by atoms with E-state index in [0.717, 1.165) is 5.70 Å². The van der Waals surface area contributed by atoms with Crippen molar-refractivity contribution in [1.29, 1.82) is 0 Å². The Bertz CT molecular complexity index is 541. The first-order valence-corrected chi connectivity index (χ1v) is 6.15. The maximum Gasteiger partial charge on any atom is 0.0377 e. The second-order valence-electron chi connectivity index (χ2n) is 4.78. The van der Waals surface area contributed by atoms with Crippen LogP contribution in [0.1, 0.15) is 25.0 Å². The summed E-state index contributed by atoms with van der Waals surface area (Å²) in [5.74, 6) is 0. The average molecular weight is 237 g/mol. The Hall–Kier alpha value is -2.02. The van der Waals surface area contributed by atoms with Crippen LogP contribution in [0.15, 0.2) is 66.7 Å². The van der Waals surface area contributed by atoms with Gasteiger partial charge in [-0.3, -0.25) is 0 Å². The molecule has 0 amide bonds. The zero-order valence-electron chi connectivity index (χ0n) is 11.3. The zero-order chi connectivity index (χ0) is 13.1. The third-order valence-electron chi connectivity index (χ3n) is 3.05. The average Bonchev–Trinajstić information content (AvgIpc) is 2.34. The van der Waals surface area contributed by atoms with Crippen molar-refractivity contribution in [2.24, 2.45) is 0 Å². The van der Waals surface area contributed by atoms with Crippen LogP contribution in [0.3, 0.4) is 0 Å². The zero-order valence-corrected chi connectivity index (χ0v) is 11.3. The predicted molar refractivity (Wildman–Crippen MR) is 78.7 cm³/mol. The fourth-order valence-corrected chi connectivity index (χ4v) is 1.88. The Morgan fingerprint density at radius 1 is 1.11 bits per heavy atom. The normalized spacial score (nSPS) is 15.9. The summed E-state index contributed by atoms with van der Waals surface area (Å²) in [6.07, 6.45) is 8.34. The maximum atomic E-state index is 4.04. The Kier molecular flexibility index (Phi) is 3.52. The number of rotatable bonds is 2. The van der Waals surface area contributed by atoms with Gasteiger partial charge in [0, 0.05) is 18.1 Å². The van der Waals surface area contributed by atoms with Crippen LogP contribution in [0.4, 0.5) is 0 Å². The van der Waals surface area contributed by atoms with Gasteiger partial charge in [-0.15, -0.1) is 0 Å². The van der Waals surface area contributed by atoms with Crippen molar-refractivity contribution in [1.82, 2.24) is 4.90 Å². The van der Waals surface area contributed by atoms with Gasteiger partial charge in [0.2, 0.25) is 0 Å². The summed E-state index contributed by atoms with van der Waals surface area (Å²) in [7, 11) is 0. The Morgan fingerprint density at radius 2 is 1.78 bits per heavy atom. The van der Waals surface area contributed by atoms with Crippen LogP contribution >= 0.6 is 0 Å². The van der Waals surface area contributed by atoms with Crippen molar-refractivity contribution in [3.05, 3.63) is 77.8 Å². The van der Waals surface area contributed by atoms with Crippen LogP contribution in [0.25, 0.3) is 5.57 Å². The molecule has 1 aliphatic rings. The van der Waals surface area contributed by atoms with Crippen molar-refractivity contribution in [3.63, 3.8) is 0 Å². The fourth-order valence-electron chi connectivity index (χ4n) is 1.88. The molecule has 0 radical (unpaired) electrons. The van der Waals surface area contributed by atoms with E-state index in [1.165, 1.54) is 22.3 Å². The quantitative estimate of drug-likeness (QED) is 0.724. The summed E-state index contributed by atoms with van der Waals surface area (Å²) < 4.78 is 0. The van der Waals surface area contributed by atoms with Crippen molar-refractivity contribution < 1.29 is 0 Å². The monoisotopic (exact) mass is 237 g/mol. The second kappa shape index (κ2) is 5.09. The predicted octanol–water partition coefficient (Wildman–Crippen LogP) is 4.65. The molecule has 92 valence electrons. The molecule has 1 aromatic carbocycles. The van der Waals surface area contributed by atoms with Crippen molar-refractivity contribution in [2.75, 3.05) is 0 Å². The van der Waals surface area contributed by atoms with Gasteiger partial charge < -0.3 is 4.90 Å². The molecule has 1 nitrogen and oxygen atoms in total. The van der Waals surface area contributed by atoms with E-state index in [1.807, 2.05) is 6.08 Å². The number of aryl methyl sites for hydroxylation is 1. The van der Waals surface area contributed by atoms with E-state index in [4.69, 9.17) is 0 Å². The standard InChI is InChI=1S/C17H19N/c1-13-6-9-17(10-7-13)15(3)12-18-11-14(2)5-8-16(18)4/h5-12H,4H2,1-3H3/b15-12+. The van der Waals surface area contributed by atoms with Crippen LogP contribution in [0.5, 0.6) is 0 Å². The Balaban J connectivity index is 2.25. The lowest BCUT2D eigenvalue weighted by Gasteiger charge is -2.21. The van der Waals surface area contributed by atoms with E-state index < -0.39 is 0 Å². The number of benzene rings is 1. The first kappa shape index (κ1) is 12.4. The smallest absolute Gasteiger partial charge is 0.0377 e. The lowest BCUT2D eigenvalue weighted by Crippen LogP contribution is -2.10. The Labute approximate surface area is 109 Å². The van der Waals surface area contributed by atoms with Crippen LogP contribution in [-0.2, 0) is 0 Å². The molecule has 0 aliphatic carbocycles. The first-order chi connectivity index (χ1) is 8.56. The Morgan fingerprint density at radius 3 is 2.44 bits per heavy atom. The highest BCUT2D eigenvalue weighted by Gasteiger charge is 2.05. The molecule has 0 unspecified atom stereocenters. The molecule has 0 spiro atoms. The van der Waals surface area contributed by atoms with E-state index in [1.54, 1.807) is 0 Å². The SMILES string of the molecule is C=C1C=CC(C)=CN1/C=C(\C)c1ccc(C)cc1. The molecule has 0 N–H and O–H groups in total. The topological polar surface area (TPSA) is 3.24 Å². The highest BCUT2D eigenvalue weighted by molar-refractivity contribution is 5.64. The third-order valence-corrected chi connectivity index (χ3v) is 3.05. The van der Waals surface area contributed by atoms with Crippen LogP contribution < -0.4 is 0 Å². The fraction of sp³-hybridized carbons (Fsp3) is 0.176. The van der Waals surface area contributed by atoms with Crippen molar-refractivity contribution in [3.8, 4) is 0 Å². The van der Waals surface area contributed by atoms with E-state index in [2.05, 4.69) is 75.0 Å². The van der Waals surface area contributed by atoms with Crippen molar-refractivity contribution in [2.45, 2.75) is 20.8 Å². The second-order valence-corrected chi connectivity index (χ2v) is 4.78. The molecule has 0 saturated carbocycles. The summed E-state index contributed by atoms with van der Waals surface area (Å²) in [4.78, 5) is 2.07. The van der Waals surface area contributed by atoms with Gasteiger partial charge in [0.15, 0.2) is 0 Å². The van der Waals surface area contributed by atoms with Gasteiger partial charge in [-0.25, -0.2) is 0 Å². The minimum Gasteiger partial charge on any atom is -0.324 e. The number of allylic oxidation sites excluding steroid dienone is 4. The molecule has 0 atom stereocenters. The van der Waals surface area contributed by atoms with Gasteiger partial charge in [0.1, 0.15) is 0 Å². The third kappa shape index (κ3) is 2.80. The van der Waals surface area contributed by atoms with E-state index >= 15 is 0 Å². The first-order valence-electron chi connectivity index (χ1n) is 6.15. The minimum atomic E-state index is 0.993. The maximum absolute atomic E-state index is 4.04. The molecule has 0 saturated heterocycles. The van der Waals surface area contributed by atoms with Crippen molar-refractivity contribution >= 4 is 5.57 Å². The van der Waals surface area contributed by atoms with Crippen LogP contribution in [0.2, 0.25) is 0 Å². The lowest BCUT2D eigenvalue weighted by molar-refractivity contribution is 0.643. The molecule has 1 heteroatoms. The molecule has 0 bridgehead atoms. The molecule has 2 rings (SSSR count). The molecule has 1 aromatic rings. The summed E-state index contributed by atoms with van der Waals surface area (Å²) >= 11 is 0.